The maximum atomic E-state index is 12.1. The number of hydrogen-bond donors (Lipinski definition) is 1. The van der Waals surface area contributed by atoms with Gasteiger partial charge in [0.1, 0.15) is 0 Å². The first-order valence-electron chi connectivity index (χ1n) is 8.50. The number of hydrogen-bond acceptors (Lipinski definition) is 3. The van der Waals surface area contributed by atoms with Gasteiger partial charge in [0, 0.05) is 43.4 Å². The van der Waals surface area contributed by atoms with E-state index in [1.54, 1.807) is 13.3 Å². The van der Waals surface area contributed by atoms with E-state index in [0.717, 1.165) is 12.2 Å². The van der Waals surface area contributed by atoms with E-state index in [4.69, 9.17) is 4.74 Å². The number of fused-ring (bicyclic) bond motifs is 1. The summed E-state index contributed by atoms with van der Waals surface area (Å²) in [6, 6.07) is 14.0. The molecule has 0 unspecified atom stereocenters. The van der Waals surface area contributed by atoms with E-state index in [1.807, 2.05) is 30.3 Å². The molecule has 25 heavy (non-hydrogen) atoms. The van der Waals surface area contributed by atoms with Gasteiger partial charge in [0.2, 0.25) is 5.91 Å². The number of aromatic nitrogens is 2. The Morgan fingerprint density at radius 1 is 1.20 bits per heavy atom. The summed E-state index contributed by atoms with van der Waals surface area (Å²) in [5.41, 5.74) is 3.25. The normalized spacial score (nSPS) is 10.9. The monoisotopic (exact) mass is 337 g/mol. The van der Waals surface area contributed by atoms with Crippen LogP contribution in [0, 0.1) is 0 Å². The molecule has 1 amide bonds. The van der Waals surface area contributed by atoms with Crippen molar-refractivity contribution in [3.63, 3.8) is 0 Å². The van der Waals surface area contributed by atoms with E-state index < -0.39 is 0 Å². The third-order valence-corrected chi connectivity index (χ3v) is 4.22. The minimum Gasteiger partial charge on any atom is -0.383 e. The van der Waals surface area contributed by atoms with Gasteiger partial charge in [-0.25, -0.2) is 0 Å². The zero-order valence-corrected chi connectivity index (χ0v) is 14.4. The summed E-state index contributed by atoms with van der Waals surface area (Å²) in [7, 11) is 1.71. The molecule has 0 radical (unpaired) electrons. The molecular weight excluding hydrogens is 314 g/mol. The van der Waals surface area contributed by atoms with Crippen LogP contribution in [0.3, 0.4) is 0 Å². The molecule has 0 saturated heterocycles. The second-order valence-corrected chi connectivity index (χ2v) is 5.96. The van der Waals surface area contributed by atoms with Crippen molar-refractivity contribution >= 4 is 16.8 Å². The molecule has 5 nitrogen and oxygen atoms in total. The summed E-state index contributed by atoms with van der Waals surface area (Å²) in [6.07, 6.45) is 5.05. The number of ether oxygens (including phenoxy) is 1. The number of amides is 1. The first kappa shape index (κ1) is 17.2. The van der Waals surface area contributed by atoms with Crippen molar-refractivity contribution in [3.8, 4) is 0 Å². The molecule has 0 atom stereocenters. The van der Waals surface area contributed by atoms with E-state index in [2.05, 4.69) is 33.2 Å². The predicted octanol–water partition coefficient (Wildman–Crippen LogP) is 2.93. The Hall–Kier alpha value is -2.66. The van der Waals surface area contributed by atoms with Crippen molar-refractivity contribution in [1.29, 1.82) is 0 Å². The molecule has 2 aromatic heterocycles. The Labute approximate surface area is 147 Å². The van der Waals surface area contributed by atoms with Crippen molar-refractivity contribution in [2.24, 2.45) is 0 Å². The Morgan fingerprint density at radius 3 is 2.84 bits per heavy atom. The number of nitrogens with zero attached hydrogens (tertiary/aromatic N) is 2. The average Bonchev–Trinajstić information content (AvgIpc) is 3.02. The second kappa shape index (κ2) is 8.44. The Kier molecular flexibility index (Phi) is 5.80. The van der Waals surface area contributed by atoms with Crippen LogP contribution in [0.5, 0.6) is 0 Å². The molecule has 130 valence electrons. The van der Waals surface area contributed by atoms with Gasteiger partial charge in [-0.1, -0.05) is 24.3 Å². The third kappa shape index (κ3) is 4.45. The number of methoxy groups -OCH3 is 1. The average molecular weight is 337 g/mol. The van der Waals surface area contributed by atoms with Gasteiger partial charge in [0.05, 0.1) is 18.8 Å². The molecule has 0 saturated carbocycles. The molecule has 5 heteroatoms. The fraction of sp³-hybridized carbons (Fsp3) is 0.300. The van der Waals surface area contributed by atoms with E-state index in [0.29, 0.717) is 26.0 Å². The fourth-order valence-electron chi connectivity index (χ4n) is 2.93. The number of para-hydroxylation sites is 1. The number of benzene rings is 1. The summed E-state index contributed by atoms with van der Waals surface area (Å²) < 4.78 is 7.38. The molecule has 0 bridgehead atoms. The highest BCUT2D eigenvalue weighted by Crippen LogP contribution is 2.22. The van der Waals surface area contributed by atoms with Crippen LogP contribution >= 0.6 is 0 Å². The van der Waals surface area contributed by atoms with Gasteiger partial charge in [-0.05, 0) is 30.2 Å². The van der Waals surface area contributed by atoms with Crippen LogP contribution in [0.25, 0.3) is 10.9 Å². The van der Waals surface area contributed by atoms with Gasteiger partial charge >= 0.3 is 0 Å². The summed E-state index contributed by atoms with van der Waals surface area (Å²) in [4.78, 5) is 16.4. The molecule has 3 rings (SSSR count). The van der Waals surface area contributed by atoms with Crippen LogP contribution in [-0.4, -0.2) is 29.2 Å². The van der Waals surface area contributed by atoms with Gasteiger partial charge in [0.25, 0.3) is 0 Å². The lowest BCUT2D eigenvalue weighted by atomic mass is 10.1. The molecule has 0 fully saturated rings. The molecule has 2 heterocycles. The van der Waals surface area contributed by atoms with E-state index in [1.165, 1.54) is 16.5 Å². The maximum Gasteiger partial charge on any atom is 0.220 e. The minimum atomic E-state index is 0.0411. The number of carbonyl (C=O) groups is 1. The van der Waals surface area contributed by atoms with Crippen molar-refractivity contribution in [3.05, 3.63) is 66.1 Å². The summed E-state index contributed by atoms with van der Waals surface area (Å²) >= 11 is 0. The lowest BCUT2D eigenvalue weighted by molar-refractivity contribution is -0.121. The smallest absolute Gasteiger partial charge is 0.220 e. The fourth-order valence-corrected chi connectivity index (χ4v) is 2.93. The number of aryl methyl sites for hydroxylation is 1. The standard InChI is InChI=1S/C20H23N3O2/c1-25-13-12-23-15-16(18-7-2-3-8-19(18)23)9-10-20(24)22-14-17-6-4-5-11-21-17/h2-8,11,15H,9-10,12-14H2,1H3,(H,22,24). The van der Waals surface area contributed by atoms with Gasteiger partial charge in [-0.15, -0.1) is 0 Å². The number of pyridine rings is 1. The van der Waals surface area contributed by atoms with Crippen molar-refractivity contribution in [2.45, 2.75) is 25.9 Å². The summed E-state index contributed by atoms with van der Waals surface area (Å²) in [5.74, 6) is 0.0411. The number of carbonyl (C=O) groups excluding carboxylic acids is 1. The first-order chi connectivity index (χ1) is 12.3. The van der Waals surface area contributed by atoms with Gasteiger partial charge in [-0.3, -0.25) is 9.78 Å². The second-order valence-electron chi connectivity index (χ2n) is 5.96. The van der Waals surface area contributed by atoms with E-state index in [9.17, 15) is 4.79 Å². The van der Waals surface area contributed by atoms with Crippen LogP contribution in [0.15, 0.2) is 54.9 Å². The summed E-state index contributed by atoms with van der Waals surface area (Å²) in [6.45, 7) is 1.95. The zero-order valence-electron chi connectivity index (χ0n) is 14.4. The van der Waals surface area contributed by atoms with Crippen molar-refractivity contribution in [2.75, 3.05) is 13.7 Å². The molecule has 0 aliphatic carbocycles. The molecule has 1 N–H and O–H groups in total. The van der Waals surface area contributed by atoms with Crippen molar-refractivity contribution < 1.29 is 9.53 Å². The van der Waals surface area contributed by atoms with Gasteiger partial charge in [-0.2, -0.15) is 0 Å². The number of rotatable bonds is 8. The topological polar surface area (TPSA) is 56.1 Å². The third-order valence-electron chi connectivity index (χ3n) is 4.22. The first-order valence-corrected chi connectivity index (χ1v) is 8.50. The maximum absolute atomic E-state index is 12.1. The Morgan fingerprint density at radius 2 is 2.04 bits per heavy atom. The van der Waals surface area contributed by atoms with Gasteiger partial charge < -0.3 is 14.6 Å². The van der Waals surface area contributed by atoms with Crippen LogP contribution in [-0.2, 0) is 29.0 Å². The zero-order chi connectivity index (χ0) is 17.5. The largest absolute Gasteiger partial charge is 0.383 e. The minimum absolute atomic E-state index is 0.0411. The molecule has 0 aliphatic heterocycles. The highest BCUT2D eigenvalue weighted by Gasteiger charge is 2.10. The Balaban J connectivity index is 1.61. The molecule has 0 spiro atoms. The lowest BCUT2D eigenvalue weighted by Crippen LogP contribution is -2.23. The quantitative estimate of drug-likeness (QED) is 0.687. The van der Waals surface area contributed by atoms with Crippen LogP contribution < -0.4 is 5.32 Å². The molecule has 1 aromatic carbocycles. The predicted molar refractivity (Wildman–Crippen MR) is 98.2 cm³/mol. The highest BCUT2D eigenvalue weighted by atomic mass is 16.5. The van der Waals surface area contributed by atoms with Crippen LogP contribution in [0.2, 0.25) is 0 Å². The lowest BCUT2D eigenvalue weighted by Gasteiger charge is -2.04. The Bertz CT molecular complexity index is 827. The van der Waals surface area contributed by atoms with Crippen LogP contribution in [0.4, 0.5) is 0 Å². The van der Waals surface area contributed by atoms with Gasteiger partial charge in [0.15, 0.2) is 0 Å². The van der Waals surface area contributed by atoms with E-state index in [-0.39, 0.29) is 5.91 Å². The number of nitrogens with one attached hydrogen (secondary N) is 1. The van der Waals surface area contributed by atoms with Crippen molar-refractivity contribution in [1.82, 2.24) is 14.9 Å². The SMILES string of the molecule is COCCn1cc(CCC(=O)NCc2ccccn2)c2ccccc21. The van der Waals surface area contributed by atoms with Crippen LogP contribution in [0.1, 0.15) is 17.7 Å². The molecule has 0 aliphatic rings. The summed E-state index contributed by atoms with van der Waals surface area (Å²) in [5, 5.41) is 4.13. The highest BCUT2D eigenvalue weighted by molar-refractivity contribution is 5.85. The molecule has 3 aromatic rings. The van der Waals surface area contributed by atoms with E-state index >= 15 is 0 Å². The molecular formula is C20H23N3O2.